The smallest absolute Gasteiger partial charge is 0.0564 e. The second kappa shape index (κ2) is 7.54. The Bertz CT molecular complexity index is 1010. The fourth-order valence-electron chi connectivity index (χ4n) is 4.14. The van der Waals surface area contributed by atoms with Crippen molar-refractivity contribution in [2.45, 2.75) is 19.3 Å². The van der Waals surface area contributed by atoms with Gasteiger partial charge in [-0.05, 0) is 68.1 Å². The minimum atomic E-state index is 0.173. The average molecular weight is 624 g/mol. The Labute approximate surface area is 198 Å². The first-order valence-corrected chi connectivity index (χ1v) is 12.8. The summed E-state index contributed by atoms with van der Waals surface area (Å²) in [5.74, 6) is 0. The highest BCUT2D eigenvalue weighted by atomic mass is 79.9. The van der Waals surface area contributed by atoms with Crippen molar-refractivity contribution in [1.82, 2.24) is 0 Å². The molecule has 0 N–H and O–H groups in total. The third kappa shape index (κ3) is 3.12. The van der Waals surface area contributed by atoms with Gasteiger partial charge in [0.2, 0.25) is 0 Å². The van der Waals surface area contributed by atoms with E-state index in [4.69, 9.17) is 0 Å². The van der Waals surface area contributed by atoms with Crippen molar-refractivity contribution in [3.63, 3.8) is 0 Å². The van der Waals surface area contributed by atoms with E-state index in [9.17, 15) is 0 Å². The van der Waals surface area contributed by atoms with Gasteiger partial charge in [0.1, 0.15) is 0 Å². The molecule has 140 valence electrons. The highest BCUT2D eigenvalue weighted by molar-refractivity contribution is 9.12. The van der Waals surface area contributed by atoms with Crippen LogP contribution in [0.1, 0.15) is 41.6 Å². The Balaban J connectivity index is 1.78. The molecule has 1 aliphatic carbocycles. The van der Waals surface area contributed by atoms with Crippen LogP contribution in [0.3, 0.4) is 0 Å². The first-order valence-electron chi connectivity index (χ1n) is 9.16. The Morgan fingerprint density at radius 3 is 0.821 bits per heavy atom. The molecule has 0 radical (unpaired) electrons. The van der Waals surface area contributed by atoms with Crippen molar-refractivity contribution in [1.29, 1.82) is 0 Å². The lowest BCUT2D eigenvalue weighted by molar-refractivity contribution is 0.824. The van der Waals surface area contributed by atoms with E-state index < -0.39 is 0 Å². The van der Waals surface area contributed by atoms with Crippen molar-refractivity contribution in [3.05, 3.63) is 95.1 Å². The van der Waals surface area contributed by atoms with Crippen LogP contribution in [0.5, 0.6) is 0 Å². The van der Waals surface area contributed by atoms with Gasteiger partial charge in [-0.3, -0.25) is 0 Å². The number of fused-ring (bicyclic) bond motifs is 4. The molecule has 4 aromatic carbocycles. The summed E-state index contributed by atoms with van der Waals surface area (Å²) in [6, 6.07) is 26.5. The van der Waals surface area contributed by atoms with Crippen LogP contribution in [-0.2, 0) is 0 Å². The largest absolute Gasteiger partial charge is 0.0823 e. The van der Waals surface area contributed by atoms with Gasteiger partial charge in [-0.15, -0.1) is 0 Å². The molecule has 0 saturated carbocycles. The summed E-state index contributed by atoms with van der Waals surface area (Å²) in [4.78, 5) is 0.693. The molecule has 4 aromatic rings. The van der Waals surface area contributed by atoms with E-state index in [2.05, 4.69) is 137 Å². The third-order valence-electron chi connectivity index (χ3n) is 5.61. The highest BCUT2D eigenvalue weighted by Crippen LogP contribution is 2.55. The van der Waals surface area contributed by atoms with Gasteiger partial charge in [-0.1, -0.05) is 112 Å². The molecule has 4 unspecified atom stereocenters. The van der Waals surface area contributed by atoms with E-state index in [0.29, 0.717) is 0 Å². The van der Waals surface area contributed by atoms with Crippen molar-refractivity contribution in [2.75, 3.05) is 0 Å². The molecule has 28 heavy (non-hydrogen) atoms. The zero-order valence-corrected chi connectivity index (χ0v) is 21.1. The molecule has 0 amide bonds. The second-order valence-corrected chi connectivity index (χ2v) is 11.2. The number of alkyl halides is 4. The van der Waals surface area contributed by atoms with Crippen molar-refractivity contribution in [2.24, 2.45) is 0 Å². The van der Waals surface area contributed by atoms with Gasteiger partial charge in [0.25, 0.3) is 0 Å². The lowest BCUT2D eigenvalue weighted by Crippen LogP contribution is -2.14. The summed E-state index contributed by atoms with van der Waals surface area (Å²) in [5.41, 5.74) is 5.30. The Morgan fingerprint density at radius 1 is 0.393 bits per heavy atom. The Hall–Kier alpha value is -0.680. The number of hydrogen-bond donors (Lipinski definition) is 0. The van der Waals surface area contributed by atoms with Crippen LogP contribution in [0.15, 0.2) is 72.8 Å². The van der Waals surface area contributed by atoms with Crippen molar-refractivity contribution in [3.8, 4) is 0 Å². The normalized spacial score (nSPS) is 24.4. The van der Waals surface area contributed by atoms with E-state index in [1.165, 1.54) is 43.8 Å². The zero-order valence-electron chi connectivity index (χ0n) is 14.7. The van der Waals surface area contributed by atoms with Crippen molar-refractivity contribution >= 4 is 85.3 Å². The molecule has 5 rings (SSSR count). The van der Waals surface area contributed by atoms with E-state index in [0.717, 1.165) is 0 Å². The van der Waals surface area contributed by atoms with E-state index in [1.54, 1.807) is 0 Å². The SMILES string of the molecule is BrC1c2cc3ccccc3cc2C(Br)C(Br)c2cc3ccccc3cc2C1Br. The van der Waals surface area contributed by atoms with Gasteiger partial charge >= 0.3 is 0 Å². The summed E-state index contributed by atoms with van der Waals surface area (Å²) >= 11 is 16.1. The topological polar surface area (TPSA) is 0 Å². The van der Waals surface area contributed by atoms with Gasteiger partial charge < -0.3 is 0 Å². The number of benzene rings is 4. The number of halogens is 4. The molecule has 0 nitrogen and oxygen atoms in total. The lowest BCUT2D eigenvalue weighted by Gasteiger charge is -2.32. The first-order chi connectivity index (χ1) is 13.5. The van der Waals surface area contributed by atoms with Gasteiger partial charge in [0.05, 0.1) is 19.3 Å². The highest BCUT2D eigenvalue weighted by Gasteiger charge is 2.34. The molecule has 0 aliphatic heterocycles. The van der Waals surface area contributed by atoms with Crippen LogP contribution in [0.25, 0.3) is 21.5 Å². The van der Waals surface area contributed by atoms with Gasteiger partial charge in [-0.2, -0.15) is 0 Å². The maximum absolute atomic E-state index is 4.02. The lowest BCUT2D eigenvalue weighted by atomic mass is 9.86. The van der Waals surface area contributed by atoms with E-state index in [-0.39, 0.29) is 19.3 Å². The van der Waals surface area contributed by atoms with Gasteiger partial charge in [-0.25, -0.2) is 0 Å². The van der Waals surface area contributed by atoms with Crippen LogP contribution in [0.2, 0.25) is 0 Å². The third-order valence-corrected chi connectivity index (χ3v) is 11.1. The van der Waals surface area contributed by atoms with Crippen molar-refractivity contribution < 1.29 is 0 Å². The monoisotopic (exact) mass is 620 g/mol. The van der Waals surface area contributed by atoms with Gasteiger partial charge in [0.15, 0.2) is 0 Å². The second-order valence-electron chi connectivity index (χ2n) is 7.26. The predicted octanol–water partition coefficient (Wildman–Crippen LogP) is 9.45. The van der Waals surface area contributed by atoms with Crippen LogP contribution in [0.4, 0.5) is 0 Å². The molecular formula is C24H16Br4. The van der Waals surface area contributed by atoms with Crippen LogP contribution in [0, 0.1) is 0 Å². The van der Waals surface area contributed by atoms with E-state index >= 15 is 0 Å². The molecule has 0 aromatic heterocycles. The maximum Gasteiger partial charge on any atom is 0.0564 e. The Kier molecular flexibility index (Phi) is 5.19. The molecule has 1 aliphatic rings. The molecule has 0 bridgehead atoms. The molecule has 0 spiro atoms. The summed E-state index contributed by atoms with van der Waals surface area (Å²) in [5, 5.41) is 5.09. The summed E-state index contributed by atoms with van der Waals surface area (Å²) in [6.07, 6.45) is 0. The number of hydrogen-bond acceptors (Lipinski definition) is 0. The molecule has 0 heterocycles. The average Bonchev–Trinajstić information content (AvgIpc) is 2.74. The van der Waals surface area contributed by atoms with E-state index in [1.807, 2.05) is 0 Å². The maximum atomic E-state index is 4.02. The molecule has 4 atom stereocenters. The van der Waals surface area contributed by atoms with Crippen LogP contribution < -0.4 is 0 Å². The molecule has 0 saturated heterocycles. The van der Waals surface area contributed by atoms with Crippen LogP contribution >= 0.6 is 63.7 Å². The number of rotatable bonds is 0. The molecule has 0 fully saturated rings. The fourth-order valence-corrected chi connectivity index (χ4v) is 6.86. The Morgan fingerprint density at radius 2 is 0.607 bits per heavy atom. The summed E-state index contributed by atoms with van der Waals surface area (Å²) in [6.45, 7) is 0. The first kappa shape index (κ1) is 19.3. The summed E-state index contributed by atoms with van der Waals surface area (Å²) in [7, 11) is 0. The zero-order chi connectivity index (χ0) is 19.4. The molecule has 4 heteroatoms. The minimum Gasteiger partial charge on any atom is -0.0823 e. The summed E-state index contributed by atoms with van der Waals surface area (Å²) < 4.78 is 0. The van der Waals surface area contributed by atoms with Gasteiger partial charge in [0, 0.05) is 0 Å². The predicted molar refractivity (Wildman–Crippen MR) is 135 cm³/mol. The molecular weight excluding hydrogens is 608 g/mol. The quantitative estimate of drug-likeness (QED) is 0.171. The standard InChI is InChI=1S/C24H16Br4/c25-21-17-9-13-5-1-2-6-14(13)10-18(17)22(26)24(28)20-12-16-8-4-3-7-15(16)11-19(20)23(21)27/h1-12,21-24H. The van der Waals surface area contributed by atoms with Crippen LogP contribution in [-0.4, -0.2) is 0 Å². The minimum absolute atomic E-state index is 0.173. The fraction of sp³-hybridized carbons (Fsp3) is 0.167.